The highest BCUT2D eigenvalue weighted by molar-refractivity contribution is 7.15. The van der Waals surface area contributed by atoms with Crippen LogP contribution in [0.15, 0.2) is 6.20 Å². The van der Waals surface area contributed by atoms with Gasteiger partial charge in [-0.25, -0.2) is 4.98 Å². The van der Waals surface area contributed by atoms with Gasteiger partial charge in [0.15, 0.2) is 5.13 Å². The summed E-state index contributed by atoms with van der Waals surface area (Å²) >= 11 is 1.83. The summed E-state index contributed by atoms with van der Waals surface area (Å²) in [6.07, 6.45) is 5.66. The van der Waals surface area contributed by atoms with Gasteiger partial charge in [-0.15, -0.1) is 11.3 Å². The van der Waals surface area contributed by atoms with E-state index >= 15 is 0 Å². The third kappa shape index (κ3) is 5.80. The third-order valence-electron chi connectivity index (χ3n) is 3.46. The van der Waals surface area contributed by atoms with Gasteiger partial charge in [-0.2, -0.15) is 0 Å². The molecule has 1 heterocycles. The lowest BCUT2D eigenvalue weighted by atomic mass is 10.1. The number of hydrogen-bond acceptors (Lipinski definition) is 4. The zero-order valence-electron chi connectivity index (χ0n) is 14.0. The second kappa shape index (κ2) is 7.99. The first-order chi connectivity index (χ1) is 9.37. The van der Waals surface area contributed by atoms with Crippen LogP contribution in [0, 0.1) is 0 Å². The molecule has 0 aliphatic rings. The summed E-state index contributed by atoms with van der Waals surface area (Å²) < 4.78 is 0. The largest absolute Gasteiger partial charge is 0.345 e. The Hall–Kier alpha value is -0.610. The zero-order valence-corrected chi connectivity index (χ0v) is 14.8. The van der Waals surface area contributed by atoms with E-state index in [2.05, 4.69) is 56.7 Å². The van der Waals surface area contributed by atoms with Crippen LogP contribution < -0.4 is 10.2 Å². The molecule has 1 unspecified atom stereocenters. The van der Waals surface area contributed by atoms with E-state index in [1.807, 2.05) is 17.5 Å². The maximum Gasteiger partial charge on any atom is 0.185 e. The lowest BCUT2D eigenvalue weighted by molar-refractivity contribution is 0.426. The van der Waals surface area contributed by atoms with Crippen LogP contribution in [0.5, 0.6) is 0 Å². The molecule has 0 spiro atoms. The van der Waals surface area contributed by atoms with E-state index in [9.17, 15) is 0 Å². The van der Waals surface area contributed by atoms with Crippen LogP contribution in [0.1, 0.15) is 65.7 Å². The maximum absolute atomic E-state index is 4.64. The highest BCUT2D eigenvalue weighted by Gasteiger charge is 2.17. The molecule has 0 aliphatic heterocycles. The highest BCUT2D eigenvalue weighted by Crippen LogP contribution is 2.26. The van der Waals surface area contributed by atoms with Gasteiger partial charge in [0, 0.05) is 35.7 Å². The topological polar surface area (TPSA) is 28.2 Å². The van der Waals surface area contributed by atoms with E-state index in [-0.39, 0.29) is 5.54 Å². The van der Waals surface area contributed by atoms with Gasteiger partial charge in [-0.1, -0.05) is 20.3 Å². The van der Waals surface area contributed by atoms with Crippen molar-refractivity contribution < 1.29 is 0 Å². The molecule has 1 N–H and O–H groups in total. The van der Waals surface area contributed by atoms with Crippen molar-refractivity contribution in [3.8, 4) is 0 Å². The van der Waals surface area contributed by atoms with Gasteiger partial charge in [0.25, 0.3) is 0 Å². The Bertz CT molecular complexity index is 381. The van der Waals surface area contributed by atoms with Gasteiger partial charge in [0.05, 0.1) is 0 Å². The molecule has 0 fully saturated rings. The molecular formula is C16H31N3S. The first-order valence-corrected chi connectivity index (χ1v) is 8.65. The minimum Gasteiger partial charge on any atom is -0.345 e. The Morgan fingerprint density at radius 1 is 1.35 bits per heavy atom. The minimum atomic E-state index is 0.156. The molecule has 3 nitrogen and oxygen atoms in total. The molecule has 0 amide bonds. The summed E-state index contributed by atoms with van der Waals surface area (Å²) in [5.41, 5.74) is 0.156. The number of thiazole rings is 1. The Labute approximate surface area is 128 Å². The molecule has 1 aromatic rings. The molecule has 0 bridgehead atoms. The molecule has 116 valence electrons. The van der Waals surface area contributed by atoms with Crippen molar-refractivity contribution in [1.82, 2.24) is 10.3 Å². The van der Waals surface area contributed by atoms with Crippen LogP contribution in [0.25, 0.3) is 0 Å². The molecule has 0 aromatic carbocycles. The second-order valence-corrected chi connectivity index (χ2v) is 7.61. The Kier molecular flexibility index (Phi) is 6.96. The predicted molar refractivity (Wildman–Crippen MR) is 90.7 cm³/mol. The summed E-state index contributed by atoms with van der Waals surface area (Å²) in [5.74, 6) is 0. The van der Waals surface area contributed by atoms with Crippen molar-refractivity contribution in [3.63, 3.8) is 0 Å². The number of rotatable bonds is 8. The van der Waals surface area contributed by atoms with Crippen LogP contribution in [-0.2, 0) is 6.54 Å². The number of hydrogen-bond donors (Lipinski definition) is 1. The van der Waals surface area contributed by atoms with Crippen LogP contribution >= 0.6 is 11.3 Å². The van der Waals surface area contributed by atoms with Crippen molar-refractivity contribution in [2.24, 2.45) is 0 Å². The first-order valence-electron chi connectivity index (χ1n) is 7.83. The number of unbranched alkanes of at least 4 members (excludes halogenated alkanes) is 1. The molecule has 1 rings (SSSR count). The molecule has 20 heavy (non-hydrogen) atoms. The summed E-state index contributed by atoms with van der Waals surface area (Å²) in [6, 6.07) is 0.566. The standard InChI is InChI=1S/C16H31N3S/c1-7-9-10-19(13(3)8-2)15-17-11-14(20-15)12-18-16(4,5)6/h11,13,18H,7-10,12H2,1-6H3. The molecule has 0 saturated carbocycles. The molecular weight excluding hydrogens is 266 g/mol. The summed E-state index contributed by atoms with van der Waals surface area (Å²) in [7, 11) is 0. The summed E-state index contributed by atoms with van der Waals surface area (Å²) in [4.78, 5) is 8.43. The van der Waals surface area contributed by atoms with Crippen molar-refractivity contribution >= 4 is 16.5 Å². The quantitative estimate of drug-likeness (QED) is 0.769. The molecule has 1 atom stereocenters. The fourth-order valence-electron chi connectivity index (χ4n) is 1.92. The Morgan fingerprint density at radius 3 is 2.60 bits per heavy atom. The van der Waals surface area contributed by atoms with Gasteiger partial charge in [0.2, 0.25) is 0 Å². The van der Waals surface area contributed by atoms with E-state index in [1.54, 1.807) is 0 Å². The van der Waals surface area contributed by atoms with Crippen molar-refractivity contribution in [3.05, 3.63) is 11.1 Å². The van der Waals surface area contributed by atoms with Crippen molar-refractivity contribution in [2.75, 3.05) is 11.4 Å². The normalized spacial score (nSPS) is 13.5. The average Bonchev–Trinajstić information content (AvgIpc) is 2.84. The third-order valence-corrected chi connectivity index (χ3v) is 4.49. The van der Waals surface area contributed by atoms with Gasteiger partial charge >= 0.3 is 0 Å². The average molecular weight is 298 g/mol. The van der Waals surface area contributed by atoms with Crippen molar-refractivity contribution in [1.29, 1.82) is 0 Å². The van der Waals surface area contributed by atoms with E-state index in [1.165, 1.54) is 29.3 Å². The maximum atomic E-state index is 4.64. The second-order valence-electron chi connectivity index (χ2n) is 6.52. The molecule has 0 radical (unpaired) electrons. The van der Waals surface area contributed by atoms with E-state index in [0.29, 0.717) is 6.04 Å². The van der Waals surface area contributed by atoms with Crippen LogP contribution in [0.3, 0.4) is 0 Å². The van der Waals surface area contributed by atoms with E-state index in [0.717, 1.165) is 13.1 Å². The zero-order chi connectivity index (χ0) is 15.2. The lowest BCUT2D eigenvalue weighted by Gasteiger charge is -2.28. The fraction of sp³-hybridized carbons (Fsp3) is 0.812. The SMILES string of the molecule is CCCCN(c1ncc(CNC(C)(C)C)s1)C(C)CC. The number of anilines is 1. The van der Waals surface area contributed by atoms with Gasteiger partial charge in [-0.3, -0.25) is 0 Å². The molecule has 0 saturated heterocycles. The number of nitrogens with one attached hydrogen (secondary N) is 1. The fourth-order valence-corrected chi connectivity index (χ4v) is 2.90. The molecule has 1 aromatic heterocycles. The van der Waals surface area contributed by atoms with Gasteiger partial charge in [0.1, 0.15) is 0 Å². The number of aromatic nitrogens is 1. The lowest BCUT2D eigenvalue weighted by Crippen LogP contribution is -2.34. The minimum absolute atomic E-state index is 0.156. The Morgan fingerprint density at radius 2 is 2.05 bits per heavy atom. The predicted octanol–water partition coefficient (Wildman–Crippen LogP) is 4.44. The first kappa shape index (κ1) is 17.4. The highest BCUT2D eigenvalue weighted by atomic mass is 32.1. The Balaban J connectivity index is 2.70. The van der Waals surface area contributed by atoms with E-state index < -0.39 is 0 Å². The van der Waals surface area contributed by atoms with E-state index in [4.69, 9.17) is 0 Å². The smallest absolute Gasteiger partial charge is 0.185 e. The molecule has 4 heteroatoms. The van der Waals surface area contributed by atoms with Crippen LogP contribution in [0.4, 0.5) is 5.13 Å². The molecule has 0 aliphatic carbocycles. The summed E-state index contributed by atoms with van der Waals surface area (Å²) in [6.45, 7) is 15.4. The monoisotopic (exact) mass is 297 g/mol. The van der Waals surface area contributed by atoms with Gasteiger partial charge in [-0.05, 0) is 40.5 Å². The summed E-state index contributed by atoms with van der Waals surface area (Å²) in [5, 5.41) is 4.71. The van der Waals surface area contributed by atoms with Crippen molar-refractivity contribution in [2.45, 2.75) is 78.9 Å². The number of nitrogens with zero attached hydrogens (tertiary/aromatic N) is 2. The van der Waals surface area contributed by atoms with Gasteiger partial charge < -0.3 is 10.2 Å². The van der Waals surface area contributed by atoms with Crippen LogP contribution in [-0.4, -0.2) is 23.1 Å². The van der Waals surface area contributed by atoms with Crippen LogP contribution in [0.2, 0.25) is 0 Å².